The van der Waals surface area contributed by atoms with Crippen LogP contribution in [0.25, 0.3) is 16.9 Å². The van der Waals surface area contributed by atoms with E-state index >= 15 is 0 Å². The van der Waals surface area contributed by atoms with Crippen molar-refractivity contribution in [3.63, 3.8) is 0 Å². The van der Waals surface area contributed by atoms with E-state index in [0.717, 1.165) is 19.4 Å². The van der Waals surface area contributed by atoms with Crippen LogP contribution >= 0.6 is 11.6 Å². The smallest absolute Gasteiger partial charge is 0.408 e. The lowest BCUT2D eigenvalue weighted by molar-refractivity contribution is -0.139. The Balaban J connectivity index is 1.72. The van der Waals surface area contributed by atoms with Crippen LogP contribution in [0, 0.1) is 11.3 Å². The first-order valence-corrected chi connectivity index (χ1v) is 11.0. The van der Waals surface area contributed by atoms with Gasteiger partial charge < -0.3 is 10.1 Å². The molecule has 0 unspecified atom stereocenters. The molecule has 2 aromatic heterocycles. The minimum Gasteiger partial charge on any atom is -0.408 e. The molecule has 1 aliphatic carbocycles. The van der Waals surface area contributed by atoms with Gasteiger partial charge in [0.25, 0.3) is 17.6 Å². The minimum atomic E-state index is -5.85. The predicted molar refractivity (Wildman–Crippen MR) is 117 cm³/mol. The van der Waals surface area contributed by atoms with Gasteiger partial charge in [-0.15, -0.1) is 5.10 Å². The number of benzene rings is 1. The zero-order valence-electron chi connectivity index (χ0n) is 19.3. The molecule has 17 heteroatoms. The molecule has 1 N–H and O–H groups in total. The van der Waals surface area contributed by atoms with Crippen molar-refractivity contribution in [3.8, 4) is 28.9 Å². The Kier molecular flexibility index (Phi) is 6.84. The van der Waals surface area contributed by atoms with Crippen LogP contribution in [-0.4, -0.2) is 37.2 Å². The molecule has 8 nitrogen and oxygen atoms in total. The molecule has 1 saturated carbocycles. The van der Waals surface area contributed by atoms with Gasteiger partial charge in [-0.2, -0.15) is 45.5 Å². The van der Waals surface area contributed by atoms with Crippen molar-refractivity contribution in [2.24, 2.45) is 7.05 Å². The van der Waals surface area contributed by atoms with Crippen LogP contribution in [0.1, 0.15) is 28.8 Å². The third-order valence-corrected chi connectivity index (χ3v) is 5.87. The average Bonchev–Trinajstić information content (AvgIpc) is 3.28. The third-order valence-electron chi connectivity index (χ3n) is 5.54. The lowest BCUT2D eigenvalue weighted by Crippen LogP contribution is -2.35. The van der Waals surface area contributed by atoms with E-state index in [-0.39, 0.29) is 21.7 Å². The van der Waals surface area contributed by atoms with E-state index in [4.69, 9.17) is 11.6 Å². The van der Waals surface area contributed by atoms with Gasteiger partial charge in [-0.05, 0) is 30.5 Å². The van der Waals surface area contributed by atoms with Gasteiger partial charge in [-0.1, -0.05) is 17.7 Å². The maximum atomic E-state index is 13.9. The number of aromatic nitrogens is 4. The topological polar surface area (TPSA) is 97.8 Å². The Morgan fingerprint density at radius 2 is 1.85 bits per heavy atom. The van der Waals surface area contributed by atoms with E-state index in [2.05, 4.69) is 20.3 Å². The number of aryl methyl sites for hydroxylation is 1. The molecule has 39 heavy (non-hydrogen) atoms. The Bertz CT molecular complexity index is 1530. The molecule has 0 spiro atoms. The number of nitriles is 1. The summed E-state index contributed by atoms with van der Waals surface area (Å²) >= 11 is 6.11. The molecular weight excluding hydrogens is 568 g/mol. The molecule has 0 bridgehead atoms. The summed E-state index contributed by atoms with van der Waals surface area (Å²) in [4.78, 5) is 12.6. The van der Waals surface area contributed by atoms with Crippen molar-refractivity contribution in [1.82, 2.24) is 24.9 Å². The molecule has 206 valence electrons. The van der Waals surface area contributed by atoms with Crippen molar-refractivity contribution in [2.45, 2.75) is 30.7 Å². The van der Waals surface area contributed by atoms with Gasteiger partial charge in [0, 0.05) is 18.8 Å². The second kappa shape index (κ2) is 9.56. The van der Waals surface area contributed by atoms with Crippen LogP contribution in [0.3, 0.4) is 0 Å². The van der Waals surface area contributed by atoms with Crippen molar-refractivity contribution < 1.29 is 44.7 Å². The molecule has 1 amide bonds. The summed E-state index contributed by atoms with van der Waals surface area (Å²) in [5.41, 5.74) is -2.43. The second-order valence-electron chi connectivity index (χ2n) is 8.33. The van der Waals surface area contributed by atoms with E-state index in [1.165, 1.54) is 18.2 Å². The summed E-state index contributed by atoms with van der Waals surface area (Å²) in [6.45, 7) is 0. The molecule has 1 fully saturated rings. The molecule has 2 heterocycles. The number of ether oxygens (including phenoxy) is 1. The molecule has 1 aliphatic rings. The highest BCUT2D eigenvalue weighted by Gasteiger charge is 2.46. The number of nitrogens with one attached hydrogen (secondary N) is 1. The summed E-state index contributed by atoms with van der Waals surface area (Å²) in [6.07, 6.45) is -8.13. The quantitative estimate of drug-likeness (QED) is 0.294. The highest BCUT2D eigenvalue weighted by molar-refractivity contribution is 6.34. The van der Waals surface area contributed by atoms with Crippen LogP contribution < -0.4 is 10.1 Å². The van der Waals surface area contributed by atoms with Gasteiger partial charge in [-0.25, -0.2) is 9.36 Å². The highest BCUT2D eigenvalue weighted by atomic mass is 35.5. The number of amides is 1. The van der Waals surface area contributed by atoms with Gasteiger partial charge in [-0.3, -0.25) is 4.79 Å². The first-order valence-electron chi connectivity index (χ1n) is 10.6. The number of rotatable bonds is 6. The zero-order chi connectivity index (χ0) is 28.9. The maximum Gasteiger partial charge on any atom is 0.449 e. The number of carbonyl (C=O) groups excluding carboxylic acids is 1. The molecule has 0 aliphatic heterocycles. The Labute approximate surface area is 218 Å². The van der Waals surface area contributed by atoms with Gasteiger partial charge in [0.2, 0.25) is 0 Å². The first kappa shape index (κ1) is 27.9. The molecule has 0 atom stereocenters. The summed E-state index contributed by atoms with van der Waals surface area (Å²) in [5.74, 6) is -6.62. The van der Waals surface area contributed by atoms with Gasteiger partial charge in [0.05, 0.1) is 22.9 Å². The summed E-state index contributed by atoms with van der Waals surface area (Å²) < 4.78 is 111. The number of hydrogen-bond donors (Lipinski definition) is 1. The van der Waals surface area contributed by atoms with E-state index in [9.17, 15) is 45.2 Å². The van der Waals surface area contributed by atoms with Crippen molar-refractivity contribution in [1.29, 1.82) is 5.26 Å². The Morgan fingerprint density at radius 1 is 1.18 bits per heavy atom. The van der Waals surface area contributed by atoms with Crippen molar-refractivity contribution in [2.75, 3.05) is 0 Å². The fraction of sp³-hybridized carbons (Fsp3) is 0.273. The predicted octanol–water partition coefficient (Wildman–Crippen LogP) is 5.78. The number of allylic oxidation sites excluding steroid dienone is 1. The van der Waals surface area contributed by atoms with Gasteiger partial charge in [0.1, 0.15) is 5.54 Å². The summed E-state index contributed by atoms with van der Waals surface area (Å²) in [6, 6.07) is 3.11. The number of halogens is 9. The van der Waals surface area contributed by atoms with E-state index in [0.29, 0.717) is 22.2 Å². The summed E-state index contributed by atoms with van der Waals surface area (Å²) in [5, 5.41) is 18.8. The van der Waals surface area contributed by atoms with Crippen LogP contribution in [0.5, 0.6) is 5.88 Å². The van der Waals surface area contributed by atoms with Crippen LogP contribution in [0.15, 0.2) is 42.4 Å². The maximum absolute atomic E-state index is 13.9. The Morgan fingerprint density at radius 3 is 2.41 bits per heavy atom. The fourth-order valence-corrected chi connectivity index (χ4v) is 3.66. The lowest BCUT2D eigenvalue weighted by Gasteiger charge is -2.11. The fourth-order valence-electron chi connectivity index (χ4n) is 3.46. The summed E-state index contributed by atoms with van der Waals surface area (Å²) in [7, 11) is 0.939. The molecule has 1 aromatic carbocycles. The molecule has 3 aromatic rings. The standard InChI is InChI=1S/C22H13ClF8N6O2/c1-36-19(14(21(26,27)28)18(35-36)39-16(25)15(24)22(29,30)31)37-8-11(7-33-37)10-2-3-13(23)12(6-10)17(38)34-20(9-32)4-5-20/h2-3,6-8H,4-5H2,1H3,(H,34,38). The van der Waals surface area contributed by atoms with Gasteiger partial charge in [0.15, 0.2) is 11.4 Å². The molecule has 0 saturated heterocycles. The van der Waals surface area contributed by atoms with Crippen LogP contribution in [0.4, 0.5) is 35.1 Å². The zero-order valence-corrected chi connectivity index (χ0v) is 20.0. The monoisotopic (exact) mass is 580 g/mol. The molecule has 0 radical (unpaired) electrons. The van der Waals surface area contributed by atoms with Gasteiger partial charge >= 0.3 is 18.4 Å². The highest BCUT2D eigenvalue weighted by Crippen LogP contribution is 2.42. The minimum absolute atomic E-state index is 0.0235. The molecule has 4 rings (SSSR count). The van der Waals surface area contributed by atoms with Crippen LogP contribution in [0.2, 0.25) is 5.02 Å². The van der Waals surface area contributed by atoms with E-state index in [1.807, 2.05) is 6.07 Å². The number of hydrogen-bond acceptors (Lipinski definition) is 5. The SMILES string of the molecule is Cn1nc(OC(F)=C(F)C(F)(F)F)c(C(F)(F)F)c1-n1cc(-c2ccc(Cl)c(C(=O)NC3(C#N)CC3)c2)cn1. The average molecular weight is 581 g/mol. The van der Waals surface area contributed by atoms with Crippen molar-refractivity contribution in [3.05, 3.63) is 58.6 Å². The van der Waals surface area contributed by atoms with E-state index < -0.39 is 52.9 Å². The normalized spacial score (nSPS) is 15.4. The second-order valence-corrected chi connectivity index (χ2v) is 8.74. The third kappa shape index (κ3) is 5.53. The largest absolute Gasteiger partial charge is 0.449 e. The van der Waals surface area contributed by atoms with Crippen LogP contribution in [-0.2, 0) is 13.2 Å². The Hall–Kier alpha value is -4.13. The number of carbonyl (C=O) groups is 1. The number of alkyl halides is 6. The first-order chi connectivity index (χ1) is 18.1. The molecular formula is C22H13ClF8N6O2. The number of nitrogens with zero attached hydrogens (tertiary/aromatic N) is 5. The van der Waals surface area contributed by atoms with Crippen molar-refractivity contribution >= 4 is 17.5 Å². The lowest BCUT2D eigenvalue weighted by atomic mass is 10.1. The van der Waals surface area contributed by atoms with E-state index in [1.54, 1.807) is 0 Å².